The Morgan fingerprint density at radius 2 is 2.20 bits per heavy atom. The van der Waals surface area contributed by atoms with E-state index >= 15 is 0 Å². The molecule has 20 heavy (non-hydrogen) atoms. The number of aliphatic hydroxyl groups is 1. The Hall–Kier alpha value is -1.75. The number of hydrogen-bond acceptors (Lipinski definition) is 4. The zero-order chi connectivity index (χ0) is 14.5. The minimum Gasteiger partial charge on any atom is -0.453 e. The van der Waals surface area contributed by atoms with Gasteiger partial charge in [0.1, 0.15) is 0 Å². The predicted molar refractivity (Wildman–Crippen MR) is 77.9 cm³/mol. The lowest BCUT2D eigenvalue weighted by Gasteiger charge is -2.19. The van der Waals surface area contributed by atoms with Crippen LogP contribution in [0.2, 0.25) is 0 Å². The molecule has 1 heterocycles. The molecule has 2 rings (SSSR count). The van der Waals surface area contributed by atoms with Crippen LogP contribution in [0.5, 0.6) is 0 Å². The van der Waals surface area contributed by atoms with Gasteiger partial charge in [0.25, 0.3) is 0 Å². The van der Waals surface area contributed by atoms with E-state index in [4.69, 9.17) is 0 Å². The molecule has 0 radical (unpaired) electrons. The van der Waals surface area contributed by atoms with Crippen molar-refractivity contribution in [2.75, 3.05) is 25.1 Å². The van der Waals surface area contributed by atoms with Gasteiger partial charge < -0.3 is 20.1 Å². The third kappa shape index (κ3) is 3.42. The van der Waals surface area contributed by atoms with Gasteiger partial charge in [-0.3, -0.25) is 0 Å². The summed E-state index contributed by atoms with van der Waals surface area (Å²) in [4.78, 5) is 13.4. The van der Waals surface area contributed by atoms with E-state index in [1.54, 1.807) is 0 Å². The molecule has 0 spiro atoms. The summed E-state index contributed by atoms with van der Waals surface area (Å²) in [6, 6.07) is 8.10. The number of anilines is 1. The minimum absolute atomic E-state index is 0.128. The van der Waals surface area contributed by atoms with Crippen LogP contribution in [0.15, 0.2) is 24.3 Å². The highest BCUT2D eigenvalue weighted by atomic mass is 16.5. The molecule has 1 amide bonds. The number of methoxy groups -OCH3 is 1. The van der Waals surface area contributed by atoms with E-state index in [0.29, 0.717) is 6.42 Å². The molecular weight excluding hydrogens is 256 g/mol. The van der Waals surface area contributed by atoms with Gasteiger partial charge in [0, 0.05) is 18.8 Å². The quantitative estimate of drug-likeness (QED) is 0.885. The first-order chi connectivity index (χ1) is 9.63. The molecule has 1 unspecified atom stereocenters. The lowest BCUT2D eigenvalue weighted by atomic mass is 10.1. The second-order valence-electron chi connectivity index (χ2n) is 5.08. The molecule has 1 aromatic carbocycles. The van der Waals surface area contributed by atoms with Crippen molar-refractivity contribution in [3.63, 3.8) is 0 Å². The lowest BCUT2D eigenvalue weighted by molar-refractivity contribution is 0.167. The molecule has 5 nitrogen and oxygen atoms in total. The van der Waals surface area contributed by atoms with E-state index in [1.165, 1.54) is 7.11 Å². The lowest BCUT2D eigenvalue weighted by Crippen LogP contribution is -2.36. The van der Waals surface area contributed by atoms with Gasteiger partial charge in [-0.2, -0.15) is 0 Å². The Bertz CT molecular complexity index is 447. The third-order valence-corrected chi connectivity index (χ3v) is 3.73. The Labute approximate surface area is 119 Å². The van der Waals surface area contributed by atoms with Gasteiger partial charge >= 0.3 is 6.09 Å². The van der Waals surface area contributed by atoms with E-state index in [2.05, 4.69) is 15.0 Å². The third-order valence-electron chi connectivity index (χ3n) is 3.73. The van der Waals surface area contributed by atoms with E-state index < -0.39 is 6.10 Å². The summed E-state index contributed by atoms with van der Waals surface area (Å²) in [6.45, 7) is 3.65. The summed E-state index contributed by atoms with van der Waals surface area (Å²) >= 11 is 0. The molecule has 1 aliphatic rings. The maximum atomic E-state index is 11.2. The molecule has 1 aromatic rings. The zero-order valence-electron chi connectivity index (χ0n) is 12.0. The standard InChI is InChI=1S/C15H22N2O3/c1-3-14(18)11-4-6-13(7-5-11)17-9-8-12(10-17)16-15(19)20-2/h4-7,12,14,18H,3,8-10H2,1-2H3,(H,16,19)/t12?,14-/m1/s1. The number of carbonyl (C=O) groups is 1. The fourth-order valence-corrected chi connectivity index (χ4v) is 2.48. The summed E-state index contributed by atoms with van der Waals surface area (Å²) < 4.78 is 4.61. The fourth-order valence-electron chi connectivity index (χ4n) is 2.48. The molecule has 0 aliphatic carbocycles. The van der Waals surface area contributed by atoms with Gasteiger partial charge in [0.05, 0.1) is 19.3 Å². The summed E-state index contributed by atoms with van der Waals surface area (Å²) in [5.41, 5.74) is 2.06. The summed E-state index contributed by atoms with van der Waals surface area (Å²) in [6.07, 6.45) is 0.859. The van der Waals surface area contributed by atoms with Crippen LogP contribution in [0.25, 0.3) is 0 Å². The average Bonchev–Trinajstić information content (AvgIpc) is 2.95. The van der Waals surface area contributed by atoms with Gasteiger partial charge in [0.2, 0.25) is 0 Å². The highest BCUT2D eigenvalue weighted by Gasteiger charge is 2.24. The van der Waals surface area contributed by atoms with Crippen LogP contribution in [0.3, 0.4) is 0 Å². The molecule has 1 aliphatic heterocycles. The first-order valence-electron chi connectivity index (χ1n) is 7.01. The van der Waals surface area contributed by atoms with Gasteiger partial charge in [0.15, 0.2) is 0 Å². The van der Waals surface area contributed by atoms with E-state index in [9.17, 15) is 9.90 Å². The monoisotopic (exact) mass is 278 g/mol. The zero-order valence-corrected chi connectivity index (χ0v) is 12.0. The van der Waals surface area contributed by atoms with Crippen molar-refractivity contribution in [2.24, 2.45) is 0 Å². The molecule has 5 heteroatoms. The number of amides is 1. The van der Waals surface area contributed by atoms with Crippen molar-refractivity contribution in [1.29, 1.82) is 0 Å². The van der Waals surface area contributed by atoms with Crippen molar-refractivity contribution in [2.45, 2.75) is 31.9 Å². The number of rotatable bonds is 4. The number of alkyl carbamates (subject to hydrolysis) is 1. The number of hydrogen-bond donors (Lipinski definition) is 2. The van der Waals surface area contributed by atoms with Gasteiger partial charge in [-0.15, -0.1) is 0 Å². The summed E-state index contributed by atoms with van der Waals surface area (Å²) in [5, 5.41) is 12.6. The van der Waals surface area contributed by atoms with Crippen LogP contribution in [-0.4, -0.2) is 37.4 Å². The first kappa shape index (κ1) is 14.7. The minimum atomic E-state index is -0.392. The molecule has 0 saturated carbocycles. The van der Waals surface area contributed by atoms with E-state index in [1.807, 2.05) is 31.2 Å². The maximum Gasteiger partial charge on any atom is 0.407 e. The molecule has 0 bridgehead atoms. The van der Waals surface area contributed by atoms with Crippen LogP contribution in [0, 0.1) is 0 Å². The van der Waals surface area contributed by atoms with Crippen molar-refractivity contribution < 1.29 is 14.6 Å². The molecular formula is C15H22N2O3. The SMILES string of the molecule is CC[C@@H](O)c1ccc(N2CCC(NC(=O)OC)C2)cc1. The largest absolute Gasteiger partial charge is 0.453 e. The normalized spacial score (nSPS) is 19.8. The van der Waals surface area contributed by atoms with Crippen molar-refractivity contribution in [3.8, 4) is 0 Å². The van der Waals surface area contributed by atoms with Crippen molar-refractivity contribution >= 4 is 11.8 Å². The fraction of sp³-hybridized carbons (Fsp3) is 0.533. The molecule has 1 saturated heterocycles. The Balaban J connectivity index is 1.94. The second kappa shape index (κ2) is 6.61. The van der Waals surface area contributed by atoms with Crippen LogP contribution in [0.4, 0.5) is 10.5 Å². The molecule has 0 aromatic heterocycles. The number of ether oxygens (including phenoxy) is 1. The van der Waals surface area contributed by atoms with Crippen LogP contribution in [0.1, 0.15) is 31.4 Å². The van der Waals surface area contributed by atoms with Gasteiger partial charge in [-0.25, -0.2) is 4.79 Å². The van der Waals surface area contributed by atoms with Crippen LogP contribution in [-0.2, 0) is 4.74 Å². The van der Waals surface area contributed by atoms with E-state index in [-0.39, 0.29) is 12.1 Å². The van der Waals surface area contributed by atoms with Gasteiger partial charge in [-0.05, 0) is 30.5 Å². The first-order valence-corrected chi connectivity index (χ1v) is 7.01. The molecule has 1 fully saturated rings. The Morgan fingerprint density at radius 1 is 1.50 bits per heavy atom. The van der Waals surface area contributed by atoms with Crippen LogP contribution < -0.4 is 10.2 Å². The Morgan fingerprint density at radius 3 is 2.80 bits per heavy atom. The molecule has 2 N–H and O–H groups in total. The second-order valence-corrected chi connectivity index (χ2v) is 5.08. The summed E-state index contributed by atoms with van der Waals surface area (Å²) in [5.74, 6) is 0. The topological polar surface area (TPSA) is 61.8 Å². The van der Waals surface area contributed by atoms with Crippen LogP contribution >= 0.6 is 0 Å². The maximum absolute atomic E-state index is 11.2. The number of nitrogens with one attached hydrogen (secondary N) is 1. The number of carbonyl (C=O) groups excluding carboxylic acids is 1. The van der Waals surface area contributed by atoms with E-state index in [0.717, 1.165) is 30.8 Å². The van der Waals surface area contributed by atoms with Crippen molar-refractivity contribution in [1.82, 2.24) is 5.32 Å². The molecule has 110 valence electrons. The summed E-state index contributed by atoms with van der Waals surface area (Å²) in [7, 11) is 1.37. The highest BCUT2D eigenvalue weighted by molar-refractivity contribution is 5.67. The highest BCUT2D eigenvalue weighted by Crippen LogP contribution is 2.24. The number of aliphatic hydroxyl groups excluding tert-OH is 1. The number of nitrogens with zero attached hydrogens (tertiary/aromatic N) is 1. The smallest absolute Gasteiger partial charge is 0.407 e. The van der Waals surface area contributed by atoms with Crippen molar-refractivity contribution in [3.05, 3.63) is 29.8 Å². The number of benzene rings is 1. The average molecular weight is 278 g/mol. The van der Waals surface area contributed by atoms with Gasteiger partial charge in [-0.1, -0.05) is 19.1 Å². The Kier molecular flexibility index (Phi) is 4.84. The predicted octanol–water partition coefficient (Wildman–Crippen LogP) is 2.06. The molecule has 2 atom stereocenters.